The summed E-state index contributed by atoms with van der Waals surface area (Å²) in [6.07, 6.45) is 3.04. The second-order valence-electron chi connectivity index (χ2n) is 10.4. The first-order valence-corrected chi connectivity index (χ1v) is 13.5. The number of fused-ring (bicyclic) bond motifs is 2. The lowest BCUT2D eigenvalue weighted by atomic mass is 10.1. The van der Waals surface area contributed by atoms with Crippen LogP contribution in [0.2, 0.25) is 0 Å². The number of oxime groups is 1. The number of halogens is 1. The maximum Gasteiger partial charge on any atom is 0.341 e. The minimum absolute atomic E-state index is 0.000444. The van der Waals surface area contributed by atoms with E-state index < -0.39 is 17.2 Å². The molecule has 0 atom stereocenters. The molecule has 3 aliphatic rings. The largest absolute Gasteiger partial charge is 0.492 e. The zero-order chi connectivity index (χ0) is 28.8. The van der Waals surface area contributed by atoms with Crippen molar-refractivity contribution in [2.45, 2.75) is 18.9 Å². The molecule has 12 heteroatoms. The van der Waals surface area contributed by atoms with E-state index in [1.54, 1.807) is 9.47 Å². The molecule has 41 heavy (non-hydrogen) atoms. The molecular weight excluding hydrogens is 533 g/mol. The first-order chi connectivity index (χ1) is 19.8. The molecule has 1 amide bonds. The minimum atomic E-state index is -1.34. The summed E-state index contributed by atoms with van der Waals surface area (Å²) in [6, 6.07) is 8.65. The van der Waals surface area contributed by atoms with Crippen molar-refractivity contribution in [3.63, 3.8) is 0 Å². The Balaban J connectivity index is 1.23. The Morgan fingerprint density at radius 1 is 1.10 bits per heavy atom. The van der Waals surface area contributed by atoms with Gasteiger partial charge in [-0.3, -0.25) is 14.5 Å². The van der Waals surface area contributed by atoms with Crippen molar-refractivity contribution in [2.75, 3.05) is 63.3 Å². The highest BCUT2D eigenvalue weighted by Crippen LogP contribution is 2.43. The number of hydrogen-bond acceptors (Lipinski definition) is 8. The van der Waals surface area contributed by atoms with Crippen LogP contribution in [0, 0.1) is 5.82 Å². The molecule has 2 aliphatic heterocycles. The van der Waals surface area contributed by atoms with Crippen LogP contribution >= 0.6 is 0 Å². The molecule has 0 bridgehead atoms. The van der Waals surface area contributed by atoms with Crippen LogP contribution in [0.3, 0.4) is 0 Å². The Morgan fingerprint density at radius 2 is 1.83 bits per heavy atom. The van der Waals surface area contributed by atoms with Gasteiger partial charge in [-0.1, -0.05) is 23.4 Å². The van der Waals surface area contributed by atoms with Gasteiger partial charge >= 0.3 is 5.97 Å². The first kappa shape index (κ1) is 26.8. The number of amides is 1. The molecule has 1 saturated carbocycles. The average molecular weight is 564 g/mol. The highest BCUT2D eigenvalue weighted by atomic mass is 19.1. The van der Waals surface area contributed by atoms with E-state index in [0.717, 1.165) is 30.2 Å². The molecule has 1 aliphatic carbocycles. The number of carboxylic acids is 1. The van der Waals surface area contributed by atoms with Crippen molar-refractivity contribution < 1.29 is 28.7 Å². The molecule has 3 aromatic rings. The normalized spacial score (nSPS) is 18.3. The minimum Gasteiger partial charge on any atom is -0.492 e. The smallest absolute Gasteiger partial charge is 0.341 e. The van der Waals surface area contributed by atoms with Gasteiger partial charge in [0, 0.05) is 57.1 Å². The number of anilines is 2. The number of methoxy groups -OCH3 is 1. The number of carbonyl (C=O) groups excluding carboxylic acids is 1. The summed E-state index contributed by atoms with van der Waals surface area (Å²) in [7, 11) is 2.85. The molecule has 0 unspecified atom stereocenters. The van der Waals surface area contributed by atoms with Gasteiger partial charge in [0.05, 0.1) is 23.7 Å². The number of carboxylic acid groups (broad SMARTS) is 1. The van der Waals surface area contributed by atoms with Gasteiger partial charge < -0.3 is 29.0 Å². The van der Waals surface area contributed by atoms with Crippen LogP contribution in [0.5, 0.6) is 5.75 Å². The number of benzene rings is 2. The molecule has 6 rings (SSSR count). The Morgan fingerprint density at radius 3 is 2.49 bits per heavy atom. The second-order valence-corrected chi connectivity index (χ2v) is 10.4. The van der Waals surface area contributed by atoms with E-state index in [-0.39, 0.29) is 40.0 Å². The van der Waals surface area contributed by atoms with E-state index in [1.165, 1.54) is 20.4 Å². The number of rotatable bonds is 8. The van der Waals surface area contributed by atoms with Crippen molar-refractivity contribution in [3.8, 4) is 5.75 Å². The fourth-order valence-corrected chi connectivity index (χ4v) is 5.82. The molecule has 3 heterocycles. The molecule has 0 spiro atoms. The zero-order valence-corrected chi connectivity index (χ0v) is 22.8. The van der Waals surface area contributed by atoms with Gasteiger partial charge in [0.25, 0.3) is 5.91 Å². The number of aromatic carboxylic acids is 1. The van der Waals surface area contributed by atoms with Crippen LogP contribution in [-0.2, 0) is 9.63 Å². The summed E-state index contributed by atoms with van der Waals surface area (Å²) in [5, 5.41) is 13.5. The Bertz CT molecular complexity index is 1640. The number of aromatic nitrogens is 1. The maximum atomic E-state index is 15.6. The SMILES string of the molecule is CO/N=C1/C(=O)N(CCN2CCN(c3c(F)cc4c(=O)c(C(=O)O)cn(C5CC5)c4c3OC)CC2)c2ccccc21. The van der Waals surface area contributed by atoms with Gasteiger partial charge in [-0.2, -0.15) is 0 Å². The summed E-state index contributed by atoms with van der Waals surface area (Å²) in [6.45, 7) is 3.32. The lowest BCUT2D eigenvalue weighted by Gasteiger charge is -2.37. The fraction of sp³-hybridized carbons (Fsp3) is 0.379. The molecule has 0 radical (unpaired) electrons. The van der Waals surface area contributed by atoms with E-state index in [9.17, 15) is 19.5 Å². The Labute approximate surface area is 234 Å². The Kier molecular flexibility index (Phi) is 6.86. The quantitative estimate of drug-likeness (QED) is 0.416. The topological polar surface area (TPSA) is 117 Å². The summed E-state index contributed by atoms with van der Waals surface area (Å²) in [5.74, 6) is -1.94. The number of nitrogens with zero attached hydrogens (tertiary/aromatic N) is 5. The molecule has 11 nitrogen and oxygen atoms in total. The van der Waals surface area contributed by atoms with Crippen molar-refractivity contribution in [1.82, 2.24) is 9.47 Å². The number of pyridine rings is 1. The molecule has 1 N–H and O–H groups in total. The standard InChI is InChI=1S/C29H30FN5O6/c1-40-27-24-19(26(36)20(29(38)39)16-35(24)17-7-8-17)15-21(30)25(27)33-12-9-32(10-13-33)11-14-34-22-6-4-3-5-18(22)23(28(34)37)31-41-2/h3-6,15-17H,7-14H2,1-2H3,(H,38,39)/b31-23+. The third-order valence-electron chi connectivity index (χ3n) is 7.98. The summed E-state index contributed by atoms with van der Waals surface area (Å²) in [4.78, 5) is 48.4. The van der Waals surface area contributed by atoms with E-state index >= 15 is 4.39 Å². The van der Waals surface area contributed by atoms with Crippen LogP contribution in [0.1, 0.15) is 34.8 Å². The van der Waals surface area contributed by atoms with Crippen molar-refractivity contribution in [3.05, 3.63) is 63.7 Å². The summed E-state index contributed by atoms with van der Waals surface area (Å²) >= 11 is 0. The van der Waals surface area contributed by atoms with Crippen LogP contribution in [0.4, 0.5) is 15.8 Å². The third kappa shape index (κ3) is 4.57. The first-order valence-electron chi connectivity index (χ1n) is 13.5. The monoisotopic (exact) mass is 563 g/mol. The average Bonchev–Trinajstić information content (AvgIpc) is 3.78. The molecule has 1 saturated heterocycles. The van der Waals surface area contributed by atoms with E-state index in [0.29, 0.717) is 44.8 Å². The lowest BCUT2D eigenvalue weighted by Crippen LogP contribution is -2.49. The molecule has 214 valence electrons. The van der Waals surface area contributed by atoms with Crippen molar-refractivity contribution in [1.29, 1.82) is 0 Å². The molecule has 1 aromatic heterocycles. The number of carbonyl (C=O) groups is 2. The molecule has 2 aromatic carbocycles. The van der Waals surface area contributed by atoms with Gasteiger partial charge in [-0.05, 0) is 25.0 Å². The predicted octanol–water partition coefficient (Wildman–Crippen LogP) is 2.70. The second kappa shape index (κ2) is 10.5. The maximum absolute atomic E-state index is 15.6. The Hall–Kier alpha value is -4.45. The summed E-state index contributed by atoms with van der Waals surface area (Å²) < 4.78 is 23.1. The number of ether oxygens (including phenoxy) is 1. The van der Waals surface area contributed by atoms with Gasteiger partial charge in [-0.15, -0.1) is 0 Å². The molecular formula is C29H30FN5O6. The van der Waals surface area contributed by atoms with E-state index in [1.807, 2.05) is 29.2 Å². The van der Waals surface area contributed by atoms with Crippen LogP contribution in [0.15, 0.2) is 46.5 Å². The summed E-state index contributed by atoms with van der Waals surface area (Å²) in [5.41, 5.74) is 1.39. The van der Waals surface area contributed by atoms with Crippen LogP contribution < -0.4 is 20.0 Å². The number of hydrogen-bond donors (Lipinski definition) is 1. The highest BCUT2D eigenvalue weighted by molar-refractivity contribution is 6.54. The van der Waals surface area contributed by atoms with E-state index in [4.69, 9.17) is 9.57 Å². The van der Waals surface area contributed by atoms with Crippen molar-refractivity contribution in [2.24, 2.45) is 5.16 Å². The van der Waals surface area contributed by atoms with Gasteiger partial charge in [-0.25, -0.2) is 9.18 Å². The van der Waals surface area contributed by atoms with E-state index in [2.05, 4.69) is 10.1 Å². The van der Waals surface area contributed by atoms with Crippen molar-refractivity contribution >= 4 is 39.9 Å². The molecule has 2 fully saturated rings. The lowest BCUT2D eigenvalue weighted by molar-refractivity contribution is -0.112. The third-order valence-corrected chi connectivity index (χ3v) is 7.98. The van der Waals surface area contributed by atoms with Gasteiger partial charge in [0.15, 0.2) is 17.3 Å². The fourth-order valence-electron chi connectivity index (χ4n) is 5.82. The predicted molar refractivity (Wildman–Crippen MR) is 151 cm³/mol. The number of para-hydroxylation sites is 1. The van der Waals surface area contributed by atoms with Crippen LogP contribution in [-0.4, -0.2) is 85.6 Å². The number of piperazine rings is 1. The van der Waals surface area contributed by atoms with Gasteiger partial charge in [0.1, 0.15) is 18.4 Å². The van der Waals surface area contributed by atoms with Gasteiger partial charge in [0.2, 0.25) is 5.43 Å². The van der Waals surface area contributed by atoms with Crippen LogP contribution in [0.25, 0.3) is 10.9 Å². The zero-order valence-electron chi connectivity index (χ0n) is 22.8. The highest BCUT2D eigenvalue weighted by Gasteiger charge is 2.35.